The Bertz CT molecular complexity index is 1030. The molecule has 3 rings (SSSR count). The molecule has 1 atom stereocenters. The number of carbonyl (C=O) groups excluding carboxylic acids is 1. The summed E-state index contributed by atoms with van der Waals surface area (Å²) in [5.74, 6) is -1.22. The minimum absolute atomic E-state index is 0.0781. The van der Waals surface area contributed by atoms with Crippen LogP contribution in [0.5, 0.6) is 0 Å². The molecule has 0 fully saturated rings. The van der Waals surface area contributed by atoms with Gasteiger partial charge in [0.15, 0.2) is 0 Å². The first-order valence-corrected chi connectivity index (χ1v) is 8.13. The predicted molar refractivity (Wildman–Crippen MR) is 97.4 cm³/mol. The number of nitrogens with two attached hydrogens (primary N) is 1. The standard InChI is InChI=1S/C19H15F2N5O2/c1-19(7-13(8-20)28-18(23)26-19)14-6-12(3-4-15(14)21)25-17(27)16-5-2-11(9-22)10-24-16/h2-7,10H,8H2,1H3,(H2,23,26)(H,25,27). The topological polar surface area (TPSA) is 113 Å². The summed E-state index contributed by atoms with van der Waals surface area (Å²) in [4.78, 5) is 20.3. The molecule has 2 heterocycles. The van der Waals surface area contributed by atoms with Gasteiger partial charge in [-0.15, -0.1) is 0 Å². The highest BCUT2D eigenvalue weighted by Crippen LogP contribution is 2.35. The lowest BCUT2D eigenvalue weighted by Gasteiger charge is -2.28. The highest BCUT2D eigenvalue weighted by atomic mass is 19.1. The number of aromatic nitrogens is 1. The molecule has 0 spiro atoms. The Morgan fingerprint density at radius 3 is 2.82 bits per heavy atom. The van der Waals surface area contributed by atoms with Crippen LogP contribution in [-0.2, 0) is 10.3 Å². The molecule has 0 bridgehead atoms. The van der Waals surface area contributed by atoms with Crippen molar-refractivity contribution in [3.05, 3.63) is 71.0 Å². The second kappa shape index (κ2) is 7.44. The number of halogens is 2. The molecule has 0 aliphatic carbocycles. The fourth-order valence-electron chi connectivity index (χ4n) is 2.75. The summed E-state index contributed by atoms with van der Waals surface area (Å²) in [6, 6.07) is 8.40. The third-order valence-electron chi connectivity index (χ3n) is 4.05. The summed E-state index contributed by atoms with van der Waals surface area (Å²) >= 11 is 0. The molecule has 28 heavy (non-hydrogen) atoms. The molecule has 1 aromatic carbocycles. The van der Waals surface area contributed by atoms with Crippen molar-refractivity contribution in [1.29, 1.82) is 5.26 Å². The summed E-state index contributed by atoms with van der Waals surface area (Å²) in [7, 11) is 0. The van der Waals surface area contributed by atoms with Crippen molar-refractivity contribution >= 4 is 17.6 Å². The van der Waals surface area contributed by atoms with Crippen molar-refractivity contribution in [3.63, 3.8) is 0 Å². The largest absolute Gasteiger partial charge is 0.428 e. The molecule has 3 N–H and O–H groups in total. The molecule has 1 aliphatic rings. The number of hydrogen-bond acceptors (Lipinski definition) is 6. The number of ether oxygens (including phenoxy) is 1. The van der Waals surface area contributed by atoms with Gasteiger partial charge in [0.1, 0.15) is 35.6 Å². The quantitative estimate of drug-likeness (QED) is 0.843. The zero-order chi connectivity index (χ0) is 20.3. The lowest BCUT2D eigenvalue weighted by Crippen LogP contribution is -2.31. The number of anilines is 1. The molecule has 1 unspecified atom stereocenters. The second-order valence-electron chi connectivity index (χ2n) is 6.14. The molecule has 7 nitrogen and oxygen atoms in total. The van der Waals surface area contributed by atoms with Gasteiger partial charge >= 0.3 is 0 Å². The van der Waals surface area contributed by atoms with Gasteiger partial charge in [-0.05, 0) is 43.3 Å². The number of amidine groups is 1. The van der Waals surface area contributed by atoms with Crippen molar-refractivity contribution in [2.24, 2.45) is 10.7 Å². The van der Waals surface area contributed by atoms with Crippen LogP contribution in [0.3, 0.4) is 0 Å². The van der Waals surface area contributed by atoms with E-state index < -0.39 is 23.9 Å². The normalized spacial score (nSPS) is 18.4. The Morgan fingerprint density at radius 2 is 2.18 bits per heavy atom. The number of carbonyl (C=O) groups is 1. The Labute approximate surface area is 159 Å². The number of rotatable bonds is 4. The zero-order valence-electron chi connectivity index (χ0n) is 14.7. The summed E-state index contributed by atoms with van der Waals surface area (Å²) in [6.07, 6.45) is 2.60. The maximum Gasteiger partial charge on any atom is 0.288 e. The van der Waals surface area contributed by atoms with Gasteiger partial charge in [0.25, 0.3) is 11.9 Å². The number of allylic oxidation sites excluding steroid dienone is 1. The number of nitrogens with one attached hydrogen (secondary N) is 1. The minimum Gasteiger partial charge on any atom is -0.428 e. The number of nitrogens with zero attached hydrogens (tertiary/aromatic N) is 3. The van der Waals surface area contributed by atoms with E-state index in [-0.39, 0.29) is 28.7 Å². The van der Waals surface area contributed by atoms with Gasteiger partial charge in [-0.25, -0.2) is 18.8 Å². The lowest BCUT2D eigenvalue weighted by atomic mass is 9.90. The van der Waals surface area contributed by atoms with E-state index in [1.807, 2.05) is 6.07 Å². The maximum atomic E-state index is 14.5. The Balaban J connectivity index is 1.91. The average molecular weight is 383 g/mol. The molecule has 0 radical (unpaired) electrons. The Hall–Kier alpha value is -3.80. The molecule has 1 aromatic heterocycles. The van der Waals surface area contributed by atoms with Gasteiger partial charge in [-0.1, -0.05) is 0 Å². The molecule has 9 heteroatoms. The summed E-state index contributed by atoms with van der Waals surface area (Å²) in [6.45, 7) is 0.623. The number of aliphatic imine (C=N–C) groups is 1. The van der Waals surface area contributed by atoms with Crippen molar-refractivity contribution in [2.45, 2.75) is 12.5 Å². The van der Waals surface area contributed by atoms with E-state index in [4.69, 9.17) is 15.7 Å². The maximum absolute atomic E-state index is 14.5. The molecule has 2 aromatic rings. The molecule has 1 aliphatic heterocycles. The van der Waals surface area contributed by atoms with Crippen LogP contribution in [-0.4, -0.2) is 23.6 Å². The van der Waals surface area contributed by atoms with Crippen LogP contribution in [0.4, 0.5) is 14.5 Å². The smallest absolute Gasteiger partial charge is 0.288 e. The number of amides is 1. The summed E-state index contributed by atoms with van der Waals surface area (Å²) in [5.41, 5.74) is 5.04. The van der Waals surface area contributed by atoms with Gasteiger partial charge in [-0.2, -0.15) is 5.26 Å². The number of nitriles is 1. The molecule has 1 amide bonds. The van der Waals surface area contributed by atoms with Gasteiger partial charge in [-0.3, -0.25) is 4.79 Å². The highest BCUT2D eigenvalue weighted by molar-refractivity contribution is 6.02. The predicted octanol–water partition coefficient (Wildman–Crippen LogP) is 2.76. The van der Waals surface area contributed by atoms with Crippen LogP contribution < -0.4 is 11.1 Å². The monoisotopic (exact) mass is 383 g/mol. The van der Waals surface area contributed by atoms with E-state index in [0.29, 0.717) is 5.56 Å². The minimum atomic E-state index is -1.30. The van der Waals surface area contributed by atoms with E-state index in [2.05, 4.69) is 15.3 Å². The van der Waals surface area contributed by atoms with E-state index in [1.165, 1.54) is 36.5 Å². The summed E-state index contributed by atoms with van der Waals surface area (Å²) in [5, 5.41) is 11.4. The van der Waals surface area contributed by atoms with Crippen LogP contribution in [0.25, 0.3) is 0 Å². The van der Waals surface area contributed by atoms with Crippen LogP contribution in [0, 0.1) is 17.1 Å². The first-order chi connectivity index (χ1) is 13.3. The van der Waals surface area contributed by atoms with Gasteiger partial charge in [0, 0.05) is 17.4 Å². The van der Waals surface area contributed by atoms with Crippen molar-refractivity contribution in [2.75, 3.05) is 12.0 Å². The third-order valence-corrected chi connectivity index (χ3v) is 4.05. The van der Waals surface area contributed by atoms with Crippen molar-refractivity contribution < 1.29 is 18.3 Å². The van der Waals surface area contributed by atoms with Crippen LogP contribution in [0.2, 0.25) is 0 Å². The molecular formula is C19H15F2N5O2. The molecular weight excluding hydrogens is 368 g/mol. The van der Waals surface area contributed by atoms with E-state index >= 15 is 0 Å². The molecule has 0 saturated heterocycles. The van der Waals surface area contributed by atoms with E-state index in [9.17, 15) is 13.6 Å². The number of alkyl halides is 1. The fourth-order valence-corrected chi connectivity index (χ4v) is 2.75. The van der Waals surface area contributed by atoms with Crippen LogP contribution in [0.1, 0.15) is 28.5 Å². The number of hydrogen-bond donors (Lipinski definition) is 2. The van der Waals surface area contributed by atoms with Crippen molar-refractivity contribution in [3.8, 4) is 6.07 Å². The van der Waals surface area contributed by atoms with E-state index in [0.717, 1.165) is 6.07 Å². The third kappa shape index (κ3) is 3.81. The van der Waals surface area contributed by atoms with Gasteiger partial charge in [0.05, 0.1) is 5.56 Å². The van der Waals surface area contributed by atoms with Crippen molar-refractivity contribution in [1.82, 2.24) is 4.98 Å². The number of benzene rings is 1. The van der Waals surface area contributed by atoms with Crippen LogP contribution >= 0.6 is 0 Å². The first-order valence-electron chi connectivity index (χ1n) is 8.13. The van der Waals surface area contributed by atoms with Gasteiger partial charge < -0.3 is 15.8 Å². The zero-order valence-corrected chi connectivity index (χ0v) is 14.7. The lowest BCUT2D eigenvalue weighted by molar-refractivity contribution is 0.102. The first kappa shape index (κ1) is 19.0. The second-order valence-corrected chi connectivity index (χ2v) is 6.14. The Kier molecular flexibility index (Phi) is 5.04. The average Bonchev–Trinajstić information content (AvgIpc) is 2.68. The van der Waals surface area contributed by atoms with Gasteiger partial charge in [0.2, 0.25) is 0 Å². The van der Waals surface area contributed by atoms with E-state index in [1.54, 1.807) is 6.92 Å². The summed E-state index contributed by atoms with van der Waals surface area (Å²) < 4.78 is 32.4. The van der Waals surface area contributed by atoms with Crippen LogP contribution in [0.15, 0.2) is 53.4 Å². The highest BCUT2D eigenvalue weighted by Gasteiger charge is 2.32. The molecule has 142 valence electrons. The molecule has 0 saturated carbocycles. The number of pyridine rings is 1. The SMILES string of the molecule is CC1(c2cc(NC(=O)c3ccc(C#N)cn3)ccc2F)C=C(CF)OC(N)=N1. The fraction of sp³-hybridized carbons (Fsp3) is 0.158. The Morgan fingerprint density at radius 1 is 1.39 bits per heavy atom.